The molecule has 1 aromatic carbocycles. The van der Waals surface area contributed by atoms with E-state index in [1.165, 1.54) is 5.56 Å². The summed E-state index contributed by atoms with van der Waals surface area (Å²) in [5.41, 5.74) is 9.26. The van der Waals surface area contributed by atoms with Crippen LogP contribution in [0.5, 0.6) is 5.75 Å². The molecule has 1 aromatic rings. The van der Waals surface area contributed by atoms with Crippen molar-refractivity contribution in [2.24, 2.45) is 15.7 Å². The van der Waals surface area contributed by atoms with Crippen molar-refractivity contribution in [2.75, 3.05) is 26.4 Å². The number of ether oxygens (including phenoxy) is 3. The van der Waals surface area contributed by atoms with Gasteiger partial charge in [-0.2, -0.15) is 0 Å². The number of rotatable bonds is 10. The lowest BCUT2D eigenvalue weighted by Crippen LogP contribution is -2.30. The molecule has 0 radical (unpaired) electrons. The largest absolute Gasteiger partial charge is 0.488 e. The lowest BCUT2D eigenvalue weighted by Gasteiger charge is -2.19. The molecular formula is C24H38N4O3. The van der Waals surface area contributed by atoms with Gasteiger partial charge in [0.2, 0.25) is 0 Å². The molecule has 2 atom stereocenters. The molecule has 3 N–H and O–H groups in total. The van der Waals surface area contributed by atoms with Gasteiger partial charge in [0.1, 0.15) is 23.7 Å². The van der Waals surface area contributed by atoms with Crippen LogP contribution in [0.25, 0.3) is 0 Å². The Morgan fingerprint density at radius 3 is 2.81 bits per heavy atom. The lowest BCUT2D eigenvalue weighted by molar-refractivity contribution is 0.122. The van der Waals surface area contributed by atoms with Gasteiger partial charge in [-0.25, -0.2) is 4.99 Å². The SMILES string of the molecule is C/C=C(/C)NC(N)=NC(C)=NC(COCCC)c1ccc(OC2CCOC2)cc1CC. The van der Waals surface area contributed by atoms with Crippen molar-refractivity contribution in [3.05, 3.63) is 41.1 Å². The van der Waals surface area contributed by atoms with Crippen molar-refractivity contribution < 1.29 is 14.2 Å². The number of hydrogen-bond acceptors (Lipinski definition) is 4. The Balaban J connectivity index is 2.25. The van der Waals surface area contributed by atoms with Crippen LogP contribution in [0.15, 0.2) is 40.0 Å². The monoisotopic (exact) mass is 430 g/mol. The first-order valence-corrected chi connectivity index (χ1v) is 11.2. The Morgan fingerprint density at radius 1 is 1.35 bits per heavy atom. The Hall–Kier alpha value is -2.38. The van der Waals surface area contributed by atoms with Gasteiger partial charge in [-0.1, -0.05) is 26.0 Å². The topological polar surface area (TPSA) is 90.5 Å². The number of allylic oxidation sites excluding steroid dienone is 2. The Bertz CT molecular complexity index is 783. The highest BCUT2D eigenvalue weighted by Crippen LogP contribution is 2.28. The zero-order valence-electron chi connectivity index (χ0n) is 19.6. The predicted octanol–water partition coefficient (Wildman–Crippen LogP) is 4.13. The van der Waals surface area contributed by atoms with Crippen LogP contribution in [-0.4, -0.2) is 44.3 Å². The molecule has 1 fully saturated rings. The van der Waals surface area contributed by atoms with E-state index >= 15 is 0 Å². The fourth-order valence-electron chi connectivity index (χ4n) is 3.35. The lowest BCUT2D eigenvalue weighted by atomic mass is 9.98. The van der Waals surface area contributed by atoms with Gasteiger partial charge in [-0.3, -0.25) is 4.99 Å². The van der Waals surface area contributed by atoms with Gasteiger partial charge >= 0.3 is 0 Å². The van der Waals surface area contributed by atoms with Crippen LogP contribution in [0.4, 0.5) is 0 Å². The molecule has 1 aliphatic heterocycles. The van der Waals surface area contributed by atoms with Crippen molar-refractivity contribution >= 4 is 11.8 Å². The van der Waals surface area contributed by atoms with Gasteiger partial charge < -0.3 is 25.3 Å². The molecule has 7 heteroatoms. The number of aliphatic imine (C=N–C) groups is 2. The van der Waals surface area contributed by atoms with Crippen molar-refractivity contribution in [3.8, 4) is 5.75 Å². The summed E-state index contributed by atoms with van der Waals surface area (Å²) in [5.74, 6) is 1.80. The molecule has 1 heterocycles. The molecule has 1 aliphatic rings. The highest BCUT2D eigenvalue weighted by Gasteiger charge is 2.19. The average molecular weight is 431 g/mol. The van der Waals surface area contributed by atoms with Crippen LogP contribution in [-0.2, 0) is 15.9 Å². The van der Waals surface area contributed by atoms with Gasteiger partial charge in [0.25, 0.3) is 0 Å². The summed E-state index contributed by atoms with van der Waals surface area (Å²) in [6.07, 6.45) is 4.83. The van der Waals surface area contributed by atoms with E-state index in [2.05, 4.69) is 36.3 Å². The van der Waals surface area contributed by atoms with Crippen molar-refractivity contribution in [3.63, 3.8) is 0 Å². The van der Waals surface area contributed by atoms with Crippen LogP contribution in [0, 0.1) is 0 Å². The molecule has 1 saturated heterocycles. The fraction of sp³-hybridized carbons (Fsp3) is 0.583. The molecule has 2 rings (SSSR count). The van der Waals surface area contributed by atoms with Crippen LogP contribution in [0.1, 0.15) is 64.6 Å². The van der Waals surface area contributed by atoms with E-state index in [1.54, 1.807) is 0 Å². The van der Waals surface area contributed by atoms with Crippen LogP contribution < -0.4 is 15.8 Å². The van der Waals surface area contributed by atoms with E-state index < -0.39 is 0 Å². The zero-order valence-corrected chi connectivity index (χ0v) is 19.6. The summed E-state index contributed by atoms with van der Waals surface area (Å²) >= 11 is 0. The highest BCUT2D eigenvalue weighted by molar-refractivity contribution is 5.94. The van der Waals surface area contributed by atoms with E-state index in [0.717, 1.165) is 42.9 Å². The van der Waals surface area contributed by atoms with E-state index in [0.29, 0.717) is 31.6 Å². The normalized spacial score (nSPS) is 18.9. The van der Waals surface area contributed by atoms with Gasteiger partial charge in [0, 0.05) is 18.7 Å². The summed E-state index contributed by atoms with van der Waals surface area (Å²) in [7, 11) is 0. The number of nitrogens with one attached hydrogen (secondary N) is 1. The smallest absolute Gasteiger partial charge is 0.199 e. The maximum Gasteiger partial charge on any atom is 0.199 e. The number of amidine groups is 1. The Kier molecular flexibility index (Phi) is 10.5. The summed E-state index contributed by atoms with van der Waals surface area (Å²) in [6.45, 7) is 12.6. The molecule has 0 aromatic heterocycles. The average Bonchev–Trinajstić information content (AvgIpc) is 3.25. The van der Waals surface area contributed by atoms with Crippen molar-refractivity contribution in [1.29, 1.82) is 0 Å². The van der Waals surface area contributed by atoms with Gasteiger partial charge in [0.05, 0.1) is 19.8 Å². The van der Waals surface area contributed by atoms with E-state index in [-0.39, 0.29) is 12.1 Å². The number of aryl methyl sites for hydroxylation is 1. The molecule has 7 nitrogen and oxygen atoms in total. The maximum atomic E-state index is 6.09. The minimum Gasteiger partial charge on any atom is -0.488 e. The van der Waals surface area contributed by atoms with E-state index in [9.17, 15) is 0 Å². The second kappa shape index (κ2) is 13.1. The van der Waals surface area contributed by atoms with Crippen molar-refractivity contribution in [2.45, 2.75) is 66.0 Å². The molecule has 0 saturated carbocycles. The third kappa shape index (κ3) is 8.34. The molecular weight excluding hydrogens is 392 g/mol. The predicted molar refractivity (Wildman–Crippen MR) is 127 cm³/mol. The highest BCUT2D eigenvalue weighted by atomic mass is 16.5. The number of benzene rings is 1. The minimum atomic E-state index is -0.162. The van der Waals surface area contributed by atoms with E-state index in [1.807, 2.05) is 32.9 Å². The fourth-order valence-corrected chi connectivity index (χ4v) is 3.35. The third-order valence-corrected chi connectivity index (χ3v) is 5.05. The number of nitrogens with two attached hydrogens (primary N) is 1. The number of nitrogens with zero attached hydrogens (tertiary/aromatic N) is 2. The molecule has 0 bridgehead atoms. The molecule has 172 valence electrons. The first-order chi connectivity index (χ1) is 15.0. The summed E-state index contributed by atoms with van der Waals surface area (Å²) in [6, 6.07) is 6.05. The van der Waals surface area contributed by atoms with Crippen LogP contribution in [0.3, 0.4) is 0 Å². The Morgan fingerprint density at radius 2 is 2.16 bits per heavy atom. The second-order valence-electron chi connectivity index (χ2n) is 7.68. The number of guanidine groups is 1. The van der Waals surface area contributed by atoms with Gasteiger partial charge in [-0.05, 0) is 56.9 Å². The summed E-state index contributed by atoms with van der Waals surface area (Å²) < 4.78 is 17.4. The minimum absolute atomic E-state index is 0.130. The molecule has 0 amide bonds. The van der Waals surface area contributed by atoms with E-state index in [4.69, 9.17) is 24.9 Å². The maximum absolute atomic E-state index is 6.09. The zero-order chi connectivity index (χ0) is 22.6. The third-order valence-electron chi connectivity index (χ3n) is 5.05. The van der Waals surface area contributed by atoms with Gasteiger partial charge in [-0.15, -0.1) is 0 Å². The Labute approximate surface area is 186 Å². The number of hydrogen-bond donors (Lipinski definition) is 2. The second-order valence-corrected chi connectivity index (χ2v) is 7.68. The van der Waals surface area contributed by atoms with Crippen LogP contribution >= 0.6 is 0 Å². The summed E-state index contributed by atoms with van der Waals surface area (Å²) in [5, 5.41) is 3.04. The molecule has 0 aliphatic carbocycles. The molecule has 31 heavy (non-hydrogen) atoms. The first-order valence-electron chi connectivity index (χ1n) is 11.2. The quantitative estimate of drug-likeness (QED) is 0.331. The molecule has 2 unspecified atom stereocenters. The molecule has 0 spiro atoms. The standard InChI is InChI=1S/C24H38N4O3/c1-6-12-29-16-23(27-18(5)28-24(25)26-17(4)7-2)22-10-9-20(14-19(22)8-3)31-21-11-13-30-15-21/h7,9-10,14,21,23H,6,8,11-13,15-16H2,1-5H3,(H3,25,26,27,28)/b17-7-. The van der Waals surface area contributed by atoms with Gasteiger partial charge in [0.15, 0.2) is 5.96 Å². The summed E-state index contributed by atoms with van der Waals surface area (Å²) in [4.78, 5) is 9.24. The van der Waals surface area contributed by atoms with Crippen molar-refractivity contribution in [1.82, 2.24) is 5.32 Å². The first kappa shape index (κ1) is 24.9. The van der Waals surface area contributed by atoms with Crippen LogP contribution in [0.2, 0.25) is 0 Å².